The van der Waals surface area contributed by atoms with Gasteiger partial charge in [0, 0.05) is 17.0 Å². The Hall–Kier alpha value is -1.39. The maximum Gasteiger partial charge on any atom is 0.227 e. The molecular formula is C15H18ClN3O. The van der Waals surface area contributed by atoms with Crippen LogP contribution in [0.25, 0.3) is 11.4 Å². The van der Waals surface area contributed by atoms with Crippen molar-refractivity contribution in [1.82, 2.24) is 15.5 Å². The van der Waals surface area contributed by atoms with Crippen molar-refractivity contribution in [3.8, 4) is 11.4 Å². The summed E-state index contributed by atoms with van der Waals surface area (Å²) >= 11 is 5.98. The van der Waals surface area contributed by atoms with E-state index in [-0.39, 0.29) is 0 Å². The van der Waals surface area contributed by atoms with Crippen LogP contribution in [0.2, 0.25) is 5.02 Å². The highest BCUT2D eigenvalue weighted by molar-refractivity contribution is 6.30. The van der Waals surface area contributed by atoms with Crippen molar-refractivity contribution in [3.63, 3.8) is 0 Å². The zero-order valence-electron chi connectivity index (χ0n) is 11.3. The normalized spacial score (nSPS) is 19.8. The molecule has 0 amide bonds. The van der Waals surface area contributed by atoms with E-state index >= 15 is 0 Å². The van der Waals surface area contributed by atoms with E-state index in [1.54, 1.807) is 0 Å². The molecule has 1 atom stereocenters. The second-order valence-electron chi connectivity index (χ2n) is 5.27. The molecule has 1 aromatic carbocycles. The van der Waals surface area contributed by atoms with Gasteiger partial charge in [-0.05, 0) is 50.4 Å². The van der Waals surface area contributed by atoms with Crippen molar-refractivity contribution in [1.29, 1.82) is 0 Å². The fourth-order valence-electron chi connectivity index (χ4n) is 2.62. The van der Waals surface area contributed by atoms with E-state index in [4.69, 9.17) is 16.1 Å². The molecule has 1 fully saturated rings. The fraction of sp³-hybridized carbons (Fsp3) is 0.467. The second-order valence-corrected chi connectivity index (χ2v) is 5.71. The van der Waals surface area contributed by atoms with Crippen LogP contribution < -0.4 is 5.32 Å². The van der Waals surface area contributed by atoms with Gasteiger partial charge in [0.2, 0.25) is 11.7 Å². The van der Waals surface area contributed by atoms with E-state index in [0.717, 1.165) is 31.0 Å². The molecule has 1 saturated heterocycles. The minimum absolute atomic E-state index is 0.620. The molecule has 1 unspecified atom stereocenters. The van der Waals surface area contributed by atoms with Gasteiger partial charge in [0.05, 0.1) is 0 Å². The van der Waals surface area contributed by atoms with Crippen LogP contribution in [-0.4, -0.2) is 23.2 Å². The van der Waals surface area contributed by atoms with Gasteiger partial charge in [0.15, 0.2) is 0 Å². The molecule has 5 heteroatoms. The maximum absolute atomic E-state index is 5.98. The minimum Gasteiger partial charge on any atom is -0.339 e. The zero-order chi connectivity index (χ0) is 13.8. The number of nitrogens with zero attached hydrogens (tertiary/aromatic N) is 2. The molecule has 1 aliphatic heterocycles. The molecule has 4 nitrogen and oxygen atoms in total. The predicted octanol–water partition coefficient (Wildman–Crippen LogP) is 3.32. The average Bonchev–Trinajstić information content (AvgIpc) is 2.75. The lowest BCUT2D eigenvalue weighted by atomic mass is 9.97. The number of hydrogen-bond acceptors (Lipinski definition) is 4. The molecule has 106 valence electrons. The highest BCUT2D eigenvalue weighted by Crippen LogP contribution is 2.22. The molecule has 2 aromatic rings. The van der Waals surface area contributed by atoms with Crippen LogP contribution in [-0.2, 0) is 6.42 Å². The highest BCUT2D eigenvalue weighted by atomic mass is 35.5. The monoisotopic (exact) mass is 291 g/mol. The summed E-state index contributed by atoms with van der Waals surface area (Å²) in [7, 11) is 0. The van der Waals surface area contributed by atoms with Crippen molar-refractivity contribution < 1.29 is 4.52 Å². The summed E-state index contributed by atoms with van der Waals surface area (Å²) in [6, 6.07) is 7.52. The van der Waals surface area contributed by atoms with Gasteiger partial charge in [0.25, 0.3) is 0 Å². The molecule has 0 spiro atoms. The first-order valence-corrected chi connectivity index (χ1v) is 7.48. The van der Waals surface area contributed by atoms with Gasteiger partial charge in [-0.3, -0.25) is 0 Å². The molecule has 0 saturated carbocycles. The van der Waals surface area contributed by atoms with E-state index in [0.29, 0.717) is 16.8 Å². The minimum atomic E-state index is 0.620. The average molecular weight is 292 g/mol. The largest absolute Gasteiger partial charge is 0.339 e. The molecule has 1 N–H and O–H groups in total. The van der Waals surface area contributed by atoms with Gasteiger partial charge < -0.3 is 9.84 Å². The van der Waals surface area contributed by atoms with Crippen LogP contribution in [0.15, 0.2) is 28.8 Å². The number of aromatic nitrogens is 2. The third-order valence-electron chi connectivity index (χ3n) is 3.71. The quantitative estimate of drug-likeness (QED) is 0.942. The van der Waals surface area contributed by atoms with Crippen LogP contribution in [0, 0.1) is 5.92 Å². The first-order chi connectivity index (χ1) is 9.81. The number of hydrogen-bond donors (Lipinski definition) is 1. The van der Waals surface area contributed by atoms with Gasteiger partial charge in [-0.25, -0.2) is 0 Å². The summed E-state index contributed by atoms with van der Waals surface area (Å²) < 4.78 is 5.38. The molecule has 3 rings (SSSR count). The fourth-order valence-corrected chi connectivity index (χ4v) is 2.82. The number of benzene rings is 1. The van der Waals surface area contributed by atoms with E-state index in [1.165, 1.54) is 19.3 Å². The van der Waals surface area contributed by atoms with Crippen molar-refractivity contribution >= 4 is 11.6 Å². The lowest BCUT2D eigenvalue weighted by Crippen LogP contribution is -2.14. The van der Waals surface area contributed by atoms with Crippen LogP contribution >= 0.6 is 11.6 Å². The Labute approximate surface area is 123 Å². The number of nitrogens with one attached hydrogen (secondary N) is 1. The van der Waals surface area contributed by atoms with E-state index < -0.39 is 0 Å². The molecule has 1 aromatic heterocycles. The number of halogens is 1. The Bertz CT molecular complexity index is 562. The summed E-state index contributed by atoms with van der Waals surface area (Å²) in [6.07, 6.45) is 4.49. The molecule has 0 aliphatic carbocycles. The Morgan fingerprint density at radius 1 is 1.30 bits per heavy atom. The van der Waals surface area contributed by atoms with Crippen molar-refractivity contribution in [2.75, 3.05) is 13.1 Å². The molecular weight excluding hydrogens is 274 g/mol. The van der Waals surface area contributed by atoms with E-state index in [2.05, 4.69) is 15.5 Å². The zero-order valence-corrected chi connectivity index (χ0v) is 12.1. The third-order valence-corrected chi connectivity index (χ3v) is 3.94. The SMILES string of the molecule is Clc1cccc(-c2noc(CC3CCCNCC3)n2)c1. The van der Waals surface area contributed by atoms with E-state index in [1.807, 2.05) is 24.3 Å². The van der Waals surface area contributed by atoms with Crippen molar-refractivity contribution in [3.05, 3.63) is 35.2 Å². The molecule has 20 heavy (non-hydrogen) atoms. The second kappa shape index (κ2) is 6.37. The van der Waals surface area contributed by atoms with Crippen molar-refractivity contribution in [2.45, 2.75) is 25.7 Å². The lowest BCUT2D eigenvalue weighted by molar-refractivity contribution is 0.341. The first-order valence-electron chi connectivity index (χ1n) is 7.10. The van der Waals surface area contributed by atoms with Crippen molar-refractivity contribution in [2.24, 2.45) is 5.92 Å². The molecule has 1 aliphatic rings. The van der Waals surface area contributed by atoms with Crippen LogP contribution in [0.4, 0.5) is 0 Å². The summed E-state index contributed by atoms with van der Waals surface area (Å²) in [5.74, 6) is 1.98. The van der Waals surface area contributed by atoms with Crippen LogP contribution in [0.1, 0.15) is 25.2 Å². The lowest BCUT2D eigenvalue weighted by Gasteiger charge is -2.09. The molecule has 2 heterocycles. The standard InChI is InChI=1S/C15H18ClN3O/c16-13-5-1-4-12(10-13)15-18-14(20-19-15)9-11-3-2-7-17-8-6-11/h1,4-5,10-11,17H,2-3,6-9H2. The first kappa shape index (κ1) is 13.6. The van der Waals surface area contributed by atoms with Gasteiger partial charge >= 0.3 is 0 Å². The summed E-state index contributed by atoms with van der Waals surface area (Å²) in [6.45, 7) is 2.20. The Morgan fingerprint density at radius 2 is 2.25 bits per heavy atom. The molecule has 0 bridgehead atoms. The topological polar surface area (TPSA) is 51.0 Å². The smallest absolute Gasteiger partial charge is 0.227 e. The van der Waals surface area contributed by atoms with Gasteiger partial charge in [-0.2, -0.15) is 4.98 Å². The van der Waals surface area contributed by atoms with Crippen LogP contribution in [0.5, 0.6) is 0 Å². The third kappa shape index (κ3) is 3.38. The Kier molecular flexibility index (Phi) is 4.33. The maximum atomic E-state index is 5.98. The number of rotatable bonds is 3. The van der Waals surface area contributed by atoms with Crippen LogP contribution in [0.3, 0.4) is 0 Å². The summed E-state index contributed by atoms with van der Waals surface area (Å²) in [5.41, 5.74) is 0.898. The Morgan fingerprint density at radius 3 is 3.15 bits per heavy atom. The predicted molar refractivity (Wildman–Crippen MR) is 78.7 cm³/mol. The van der Waals surface area contributed by atoms with E-state index in [9.17, 15) is 0 Å². The summed E-state index contributed by atoms with van der Waals surface area (Å²) in [5, 5.41) is 8.16. The molecule has 0 radical (unpaired) electrons. The van der Waals surface area contributed by atoms with Gasteiger partial charge in [0.1, 0.15) is 0 Å². The van der Waals surface area contributed by atoms with Gasteiger partial charge in [-0.1, -0.05) is 28.9 Å². The van der Waals surface area contributed by atoms with Gasteiger partial charge in [-0.15, -0.1) is 0 Å². The highest BCUT2D eigenvalue weighted by Gasteiger charge is 2.17. The summed E-state index contributed by atoms with van der Waals surface area (Å²) in [4.78, 5) is 4.49. The Balaban J connectivity index is 1.70.